The van der Waals surface area contributed by atoms with Gasteiger partial charge in [0.25, 0.3) is 0 Å². The van der Waals surface area contributed by atoms with Crippen LogP contribution in [-0.4, -0.2) is 29.5 Å². The highest BCUT2D eigenvalue weighted by Gasteiger charge is 2.34. The molecule has 0 spiro atoms. The highest BCUT2D eigenvalue weighted by molar-refractivity contribution is 5.47. The zero-order valence-electron chi connectivity index (χ0n) is 8.63. The van der Waals surface area contributed by atoms with Crippen molar-refractivity contribution in [1.29, 1.82) is 0 Å². The van der Waals surface area contributed by atoms with E-state index in [4.69, 9.17) is 10.2 Å². The summed E-state index contributed by atoms with van der Waals surface area (Å²) in [6.45, 7) is -0.639. The van der Waals surface area contributed by atoms with E-state index >= 15 is 0 Å². The molecule has 1 aromatic carbocycles. The first-order valence-electron chi connectivity index (χ1n) is 4.74. The molecule has 1 atom stereocenters. The number of benzene rings is 1. The molecule has 17 heavy (non-hydrogen) atoms. The van der Waals surface area contributed by atoms with Gasteiger partial charge in [0.2, 0.25) is 0 Å². The molecule has 0 bridgehead atoms. The monoisotopic (exact) mass is 253 g/mol. The Morgan fingerprint density at radius 2 is 1.94 bits per heavy atom. The second-order valence-corrected chi connectivity index (χ2v) is 3.41. The van der Waals surface area contributed by atoms with E-state index < -0.39 is 30.3 Å². The van der Waals surface area contributed by atoms with Crippen molar-refractivity contribution in [2.75, 3.05) is 18.5 Å². The van der Waals surface area contributed by atoms with Gasteiger partial charge in [0.15, 0.2) is 0 Å². The van der Waals surface area contributed by atoms with Crippen molar-refractivity contribution in [3.05, 3.63) is 29.6 Å². The van der Waals surface area contributed by atoms with Crippen LogP contribution in [0.1, 0.15) is 5.56 Å². The molecule has 0 amide bonds. The van der Waals surface area contributed by atoms with Crippen molar-refractivity contribution in [1.82, 2.24) is 0 Å². The number of hydrogen-bond donors (Lipinski definition) is 3. The van der Waals surface area contributed by atoms with Gasteiger partial charge in [0.1, 0.15) is 5.82 Å². The predicted octanol–water partition coefficient (Wildman–Crippen LogP) is 1.61. The summed E-state index contributed by atoms with van der Waals surface area (Å²) in [6.07, 6.45) is -5.86. The van der Waals surface area contributed by atoms with Crippen molar-refractivity contribution in [3.63, 3.8) is 0 Å². The minimum atomic E-state index is -4.77. The number of aliphatic hydroxyl groups is 2. The van der Waals surface area contributed by atoms with Crippen LogP contribution in [0.3, 0.4) is 0 Å². The zero-order chi connectivity index (χ0) is 13.1. The fraction of sp³-hybridized carbons (Fsp3) is 0.400. The summed E-state index contributed by atoms with van der Waals surface area (Å²) in [6, 6.07) is 2.42. The summed E-state index contributed by atoms with van der Waals surface area (Å²) in [5.41, 5.74) is -1.35. The Morgan fingerprint density at radius 3 is 2.47 bits per heavy atom. The van der Waals surface area contributed by atoms with Crippen LogP contribution in [0.15, 0.2) is 18.2 Å². The fourth-order valence-corrected chi connectivity index (χ4v) is 1.15. The summed E-state index contributed by atoms with van der Waals surface area (Å²) in [4.78, 5) is 0. The molecule has 0 fully saturated rings. The largest absolute Gasteiger partial charge is 0.419 e. The van der Waals surface area contributed by atoms with Crippen LogP contribution in [0.25, 0.3) is 0 Å². The van der Waals surface area contributed by atoms with Gasteiger partial charge in [0, 0.05) is 12.2 Å². The van der Waals surface area contributed by atoms with Crippen LogP contribution >= 0.6 is 0 Å². The molecule has 7 heteroatoms. The lowest BCUT2D eigenvalue weighted by Gasteiger charge is -2.13. The molecule has 0 heterocycles. The number of rotatable bonds is 4. The molecule has 0 radical (unpaired) electrons. The first-order valence-corrected chi connectivity index (χ1v) is 4.74. The van der Waals surface area contributed by atoms with Gasteiger partial charge in [-0.05, 0) is 18.2 Å². The molecule has 3 nitrogen and oxygen atoms in total. The van der Waals surface area contributed by atoms with Gasteiger partial charge >= 0.3 is 6.18 Å². The number of aliphatic hydroxyl groups excluding tert-OH is 2. The fourth-order valence-electron chi connectivity index (χ4n) is 1.15. The van der Waals surface area contributed by atoms with Crippen molar-refractivity contribution in [2.24, 2.45) is 0 Å². The average molecular weight is 253 g/mol. The highest BCUT2D eigenvalue weighted by atomic mass is 19.4. The summed E-state index contributed by atoms with van der Waals surface area (Å²) >= 11 is 0. The molecular weight excluding hydrogens is 242 g/mol. The molecule has 0 aliphatic heterocycles. The number of hydrogen-bond acceptors (Lipinski definition) is 3. The van der Waals surface area contributed by atoms with E-state index in [-0.39, 0.29) is 12.2 Å². The van der Waals surface area contributed by atoms with Gasteiger partial charge in [-0.15, -0.1) is 0 Å². The molecule has 3 N–H and O–H groups in total. The Kier molecular flexibility index (Phi) is 4.30. The minimum absolute atomic E-state index is 0.0197. The number of alkyl halides is 3. The summed E-state index contributed by atoms with van der Waals surface area (Å²) in [7, 11) is 0. The Morgan fingerprint density at radius 1 is 1.29 bits per heavy atom. The molecule has 1 rings (SSSR count). The first-order chi connectivity index (χ1) is 7.84. The van der Waals surface area contributed by atoms with Crippen LogP contribution in [0.5, 0.6) is 0 Å². The molecular formula is C10H11F4NO2. The van der Waals surface area contributed by atoms with Gasteiger partial charge in [-0.2, -0.15) is 13.2 Å². The third kappa shape index (κ3) is 3.86. The van der Waals surface area contributed by atoms with Gasteiger partial charge in [-0.25, -0.2) is 4.39 Å². The highest BCUT2D eigenvalue weighted by Crippen LogP contribution is 2.32. The van der Waals surface area contributed by atoms with Crippen LogP contribution in [0.4, 0.5) is 23.2 Å². The molecule has 96 valence electrons. The van der Waals surface area contributed by atoms with E-state index in [1.54, 1.807) is 0 Å². The molecule has 1 aromatic rings. The molecule has 0 saturated carbocycles. The minimum Gasteiger partial charge on any atom is -0.394 e. The normalized spacial score (nSPS) is 13.5. The van der Waals surface area contributed by atoms with Gasteiger partial charge in [-0.1, -0.05) is 0 Å². The molecule has 0 aliphatic carbocycles. The number of anilines is 1. The Hall–Kier alpha value is -1.34. The van der Waals surface area contributed by atoms with Crippen LogP contribution < -0.4 is 5.32 Å². The van der Waals surface area contributed by atoms with E-state index in [2.05, 4.69) is 5.32 Å². The Balaban J connectivity index is 2.82. The third-order valence-corrected chi connectivity index (χ3v) is 2.02. The topological polar surface area (TPSA) is 52.5 Å². The van der Waals surface area contributed by atoms with Crippen LogP contribution in [0.2, 0.25) is 0 Å². The SMILES string of the molecule is OC[C@@H](O)CNc1ccc(F)c(C(F)(F)F)c1. The summed E-state index contributed by atoms with van der Waals surface area (Å²) < 4.78 is 49.9. The van der Waals surface area contributed by atoms with Crippen molar-refractivity contribution in [2.45, 2.75) is 12.3 Å². The van der Waals surface area contributed by atoms with E-state index in [1.807, 2.05) is 0 Å². The molecule has 0 saturated heterocycles. The lowest BCUT2D eigenvalue weighted by atomic mass is 10.1. The third-order valence-electron chi connectivity index (χ3n) is 2.02. The second kappa shape index (κ2) is 5.33. The van der Waals surface area contributed by atoms with E-state index in [9.17, 15) is 17.6 Å². The maximum atomic E-state index is 12.9. The smallest absolute Gasteiger partial charge is 0.394 e. The predicted molar refractivity (Wildman–Crippen MR) is 53.0 cm³/mol. The van der Waals surface area contributed by atoms with Gasteiger partial charge in [0.05, 0.1) is 18.3 Å². The standard InChI is InChI=1S/C10H11F4NO2/c11-9-2-1-6(15-4-7(17)5-16)3-8(9)10(12,13)14/h1-3,7,15-17H,4-5H2/t7-/m0/s1. The van der Waals surface area contributed by atoms with Gasteiger partial charge < -0.3 is 15.5 Å². The Bertz CT molecular complexity index is 381. The Labute approximate surface area is 94.7 Å². The number of nitrogens with one attached hydrogen (secondary N) is 1. The van der Waals surface area contributed by atoms with Crippen LogP contribution in [0, 0.1) is 5.82 Å². The van der Waals surface area contributed by atoms with E-state index in [0.29, 0.717) is 12.1 Å². The summed E-state index contributed by atoms with van der Waals surface area (Å²) in [5, 5.41) is 20.0. The number of halogens is 4. The molecule has 0 aromatic heterocycles. The van der Waals surface area contributed by atoms with E-state index in [0.717, 1.165) is 6.07 Å². The maximum Gasteiger partial charge on any atom is 0.419 e. The summed E-state index contributed by atoms with van der Waals surface area (Å²) in [5.74, 6) is -1.36. The van der Waals surface area contributed by atoms with E-state index in [1.165, 1.54) is 0 Å². The first kappa shape index (κ1) is 13.7. The van der Waals surface area contributed by atoms with Crippen LogP contribution in [-0.2, 0) is 6.18 Å². The quantitative estimate of drug-likeness (QED) is 0.714. The lowest BCUT2D eigenvalue weighted by molar-refractivity contribution is -0.139. The van der Waals surface area contributed by atoms with Gasteiger partial charge in [-0.3, -0.25) is 0 Å². The zero-order valence-corrected chi connectivity index (χ0v) is 8.63. The lowest BCUT2D eigenvalue weighted by Crippen LogP contribution is -2.23. The molecule has 0 aliphatic rings. The van der Waals surface area contributed by atoms with Crippen molar-refractivity contribution in [3.8, 4) is 0 Å². The van der Waals surface area contributed by atoms with Crippen molar-refractivity contribution < 1.29 is 27.8 Å². The second-order valence-electron chi connectivity index (χ2n) is 3.41. The van der Waals surface area contributed by atoms with Crippen molar-refractivity contribution >= 4 is 5.69 Å². The molecule has 0 unspecified atom stereocenters. The maximum absolute atomic E-state index is 12.9. The average Bonchev–Trinajstić information content (AvgIpc) is 2.26.